The number of fused-ring (bicyclic) bond motifs is 1. The predicted octanol–water partition coefficient (Wildman–Crippen LogP) is 4.56. The lowest BCUT2D eigenvalue weighted by molar-refractivity contribution is -0.116. The molecule has 0 spiro atoms. The van der Waals surface area contributed by atoms with Crippen molar-refractivity contribution in [2.24, 2.45) is 0 Å². The Kier molecular flexibility index (Phi) is 4.32. The van der Waals surface area contributed by atoms with Crippen molar-refractivity contribution in [2.45, 2.75) is 43.0 Å². The molecule has 1 aromatic carbocycles. The Balaban J connectivity index is 2.03. The molecule has 0 bridgehead atoms. The molecule has 0 fully saturated rings. The van der Waals surface area contributed by atoms with Crippen molar-refractivity contribution in [3.63, 3.8) is 0 Å². The maximum atomic E-state index is 12.1. The molecule has 2 nitrogen and oxygen atoms in total. The maximum absolute atomic E-state index is 12.1. The number of carbonyl (C=O) groups excluding carboxylic acids is 1. The first kappa shape index (κ1) is 14.3. The monoisotopic (exact) mass is 398 g/mol. The van der Waals surface area contributed by atoms with Crippen LogP contribution in [0.2, 0.25) is 0 Å². The number of Topliss-reactive ketones (excluding diaryl/α,β-unsaturated/α-hetero) is 1. The molecule has 1 heterocycles. The number of allylic oxidation sites excluding steroid dienone is 2. The van der Waals surface area contributed by atoms with Gasteiger partial charge >= 0.3 is 0 Å². The normalized spacial score (nSPS) is 18.2. The Morgan fingerprint density at radius 2 is 1.75 bits per heavy atom. The third-order valence-electron chi connectivity index (χ3n) is 4.06. The number of carbonyl (C=O) groups is 1. The summed E-state index contributed by atoms with van der Waals surface area (Å²) < 4.78 is 5.91. The maximum Gasteiger partial charge on any atom is 0.162 e. The van der Waals surface area contributed by atoms with Crippen LogP contribution in [0.25, 0.3) is 0 Å². The van der Waals surface area contributed by atoms with E-state index in [-0.39, 0.29) is 5.78 Å². The Morgan fingerprint density at radius 1 is 1.05 bits per heavy atom. The second kappa shape index (κ2) is 6.02. The summed E-state index contributed by atoms with van der Waals surface area (Å²) in [6.07, 6.45) is 3.23. The van der Waals surface area contributed by atoms with E-state index in [0.29, 0.717) is 13.0 Å². The summed E-state index contributed by atoms with van der Waals surface area (Å²) in [6.45, 7) is 0.587. The summed E-state index contributed by atoms with van der Waals surface area (Å²) in [7, 11) is 0. The lowest BCUT2D eigenvalue weighted by Gasteiger charge is -2.16. The van der Waals surface area contributed by atoms with E-state index in [1.807, 2.05) is 0 Å². The average molecular weight is 400 g/mol. The number of halogens is 2. The van der Waals surface area contributed by atoms with Gasteiger partial charge in [-0.05, 0) is 28.7 Å². The first-order chi connectivity index (χ1) is 9.72. The Hall–Kier alpha value is -0.610. The van der Waals surface area contributed by atoms with E-state index in [9.17, 15) is 4.79 Å². The summed E-state index contributed by atoms with van der Waals surface area (Å²) in [4.78, 5) is 12.1. The number of ketones is 1. The summed E-state index contributed by atoms with van der Waals surface area (Å²) >= 11 is 7.09. The topological polar surface area (TPSA) is 26.3 Å². The van der Waals surface area contributed by atoms with Crippen molar-refractivity contribution < 1.29 is 9.53 Å². The van der Waals surface area contributed by atoms with Gasteiger partial charge in [-0.2, -0.15) is 0 Å². The van der Waals surface area contributed by atoms with Crippen LogP contribution in [0.3, 0.4) is 0 Å². The number of hydrogen-bond donors (Lipinski definition) is 0. The summed E-state index contributed by atoms with van der Waals surface area (Å²) in [5.74, 6) is 1.20. The van der Waals surface area contributed by atoms with Crippen LogP contribution >= 0.6 is 31.9 Å². The highest BCUT2D eigenvalue weighted by molar-refractivity contribution is 9.09. The smallest absolute Gasteiger partial charge is 0.162 e. The van der Waals surface area contributed by atoms with Crippen LogP contribution in [-0.2, 0) is 33.2 Å². The molecule has 3 rings (SSSR count). The van der Waals surface area contributed by atoms with Crippen LogP contribution in [-0.4, -0.2) is 5.78 Å². The zero-order chi connectivity index (χ0) is 14.1. The molecule has 1 aliphatic heterocycles. The molecule has 0 atom stereocenters. The fraction of sp³-hybridized carbons (Fsp3) is 0.438. The number of alkyl halides is 2. The van der Waals surface area contributed by atoms with Gasteiger partial charge in [-0.3, -0.25) is 4.79 Å². The SMILES string of the molecule is O=C1CCCC2=C1Cc1cc(CBr)c(CBr)cc1CO2. The lowest BCUT2D eigenvalue weighted by atomic mass is 9.89. The second-order valence-electron chi connectivity index (χ2n) is 5.30. The first-order valence-corrected chi connectivity index (χ1v) is 9.10. The van der Waals surface area contributed by atoms with Crippen LogP contribution < -0.4 is 0 Å². The molecule has 0 saturated carbocycles. The molecule has 0 amide bonds. The van der Waals surface area contributed by atoms with Gasteiger partial charge in [-0.25, -0.2) is 0 Å². The van der Waals surface area contributed by atoms with Crippen molar-refractivity contribution in [2.75, 3.05) is 0 Å². The molecular weight excluding hydrogens is 384 g/mol. The van der Waals surface area contributed by atoms with Gasteiger partial charge in [0.05, 0.1) is 0 Å². The molecule has 1 aromatic rings. The molecule has 4 heteroatoms. The van der Waals surface area contributed by atoms with Gasteiger partial charge in [0.25, 0.3) is 0 Å². The standard InChI is InChI=1S/C16H16Br2O2/c17-7-11-4-10-6-14-15(19)2-1-3-16(14)20-9-13(10)5-12(11)8-18/h4-5H,1-3,6-9H2. The van der Waals surface area contributed by atoms with Gasteiger partial charge in [0.1, 0.15) is 12.4 Å². The number of benzene rings is 1. The van der Waals surface area contributed by atoms with Crippen LogP contribution in [0.5, 0.6) is 0 Å². The fourth-order valence-corrected chi connectivity index (χ4v) is 3.96. The molecule has 0 unspecified atom stereocenters. The highest BCUT2D eigenvalue weighted by Crippen LogP contribution is 2.33. The molecule has 20 heavy (non-hydrogen) atoms. The molecule has 0 N–H and O–H groups in total. The van der Waals surface area contributed by atoms with Gasteiger partial charge < -0.3 is 4.74 Å². The van der Waals surface area contributed by atoms with E-state index in [1.54, 1.807) is 0 Å². The predicted molar refractivity (Wildman–Crippen MR) is 86.1 cm³/mol. The van der Waals surface area contributed by atoms with Crippen LogP contribution in [0.15, 0.2) is 23.5 Å². The zero-order valence-corrected chi connectivity index (χ0v) is 14.3. The van der Waals surface area contributed by atoms with E-state index in [2.05, 4.69) is 44.0 Å². The van der Waals surface area contributed by atoms with E-state index >= 15 is 0 Å². The quantitative estimate of drug-likeness (QED) is 0.681. The lowest BCUT2D eigenvalue weighted by Crippen LogP contribution is -2.13. The Morgan fingerprint density at radius 3 is 2.45 bits per heavy atom. The third-order valence-corrected chi connectivity index (χ3v) is 5.27. The minimum atomic E-state index is 0.268. The zero-order valence-electron chi connectivity index (χ0n) is 11.2. The molecule has 0 saturated heterocycles. The highest BCUT2D eigenvalue weighted by Gasteiger charge is 2.26. The van der Waals surface area contributed by atoms with Gasteiger partial charge in [-0.15, -0.1) is 0 Å². The van der Waals surface area contributed by atoms with E-state index in [0.717, 1.165) is 41.3 Å². The summed E-state index contributed by atoms with van der Waals surface area (Å²) in [6, 6.07) is 4.44. The average Bonchev–Trinajstić information content (AvgIpc) is 2.65. The number of ether oxygens (including phenoxy) is 1. The first-order valence-electron chi connectivity index (χ1n) is 6.86. The van der Waals surface area contributed by atoms with Crippen molar-refractivity contribution in [3.05, 3.63) is 45.7 Å². The van der Waals surface area contributed by atoms with Crippen molar-refractivity contribution >= 4 is 37.6 Å². The van der Waals surface area contributed by atoms with Crippen molar-refractivity contribution in [1.29, 1.82) is 0 Å². The molecule has 1 aliphatic carbocycles. The van der Waals surface area contributed by atoms with Crippen molar-refractivity contribution in [3.8, 4) is 0 Å². The van der Waals surface area contributed by atoms with Crippen LogP contribution in [0, 0.1) is 0 Å². The van der Waals surface area contributed by atoms with Gasteiger partial charge in [-0.1, -0.05) is 44.0 Å². The molecule has 0 radical (unpaired) electrons. The third kappa shape index (κ3) is 2.60. The number of hydrogen-bond acceptors (Lipinski definition) is 2. The summed E-state index contributed by atoms with van der Waals surface area (Å²) in [5.41, 5.74) is 5.93. The highest BCUT2D eigenvalue weighted by atomic mass is 79.9. The molecule has 106 valence electrons. The molecule has 0 aromatic heterocycles. The summed E-state index contributed by atoms with van der Waals surface area (Å²) in [5, 5.41) is 1.68. The van der Waals surface area contributed by atoms with Gasteiger partial charge in [0.15, 0.2) is 5.78 Å². The minimum Gasteiger partial charge on any atom is -0.493 e. The Labute approximate surface area is 135 Å². The molecule has 2 aliphatic rings. The van der Waals surface area contributed by atoms with E-state index in [1.165, 1.54) is 22.3 Å². The van der Waals surface area contributed by atoms with Gasteiger partial charge in [0, 0.05) is 35.5 Å². The van der Waals surface area contributed by atoms with Crippen molar-refractivity contribution in [1.82, 2.24) is 0 Å². The number of rotatable bonds is 2. The van der Waals surface area contributed by atoms with E-state index < -0.39 is 0 Å². The second-order valence-corrected chi connectivity index (χ2v) is 6.42. The molecular formula is C16H16Br2O2. The van der Waals surface area contributed by atoms with E-state index in [4.69, 9.17) is 4.74 Å². The minimum absolute atomic E-state index is 0.268. The van der Waals surface area contributed by atoms with Crippen LogP contribution in [0.4, 0.5) is 0 Å². The fourth-order valence-electron chi connectivity index (χ4n) is 2.92. The van der Waals surface area contributed by atoms with Gasteiger partial charge in [0.2, 0.25) is 0 Å². The Bertz CT molecular complexity index is 590. The van der Waals surface area contributed by atoms with Crippen LogP contribution in [0.1, 0.15) is 41.5 Å². The largest absolute Gasteiger partial charge is 0.493 e.